The molecular weight excluding hydrogens is 375 g/mol. The Kier molecular flexibility index (Phi) is 4.72. The van der Waals surface area contributed by atoms with Gasteiger partial charge in [0.05, 0.1) is 5.69 Å². The van der Waals surface area contributed by atoms with Gasteiger partial charge in [-0.15, -0.1) is 0 Å². The van der Waals surface area contributed by atoms with E-state index in [1.165, 1.54) is 18.2 Å². The monoisotopic (exact) mass is 392 g/mol. The number of carboxylic acid groups (broad SMARTS) is 1. The molecular formula is C22H17FN2O4. The maximum Gasteiger partial charge on any atom is 0.310 e. The Morgan fingerprint density at radius 3 is 2.41 bits per heavy atom. The average Bonchev–Trinajstić information content (AvgIpc) is 3.04. The third-order valence-electron chi connectivity index (χ3n) is 5.07. The number of nitrogens with zero attached hydrogens (tertiary/aromatic N) is 1. The Hall–Kier alpha value is -3.74. The van der Waals surface area contributed by atoms with Crippen LogP contribution in [0.4, 0.5) is 10.1 Å². The van der Waals surface area contributed by atoms with Crippen molar-refractivity contribution in [3.8, 4) is 0 Å². The lowest BCUT2D eigenvalue weighted by Gasteiger charge is -2.17. The Morgan fingerprint density at radius 2 is 1.69 bits per heavy atom. The highest BCUT2D eigenvalue weighted by molar-refractivity contribution is 6.07. The summed E-state index contributed by atoms with van der Waals surface area (Å²) < 4.78 is 14.1. The standard InChI is InChI=1S/C22H17FN2O4/c23-17-7-3-4-8-18(17)25-12-16(22(28)29)19(21(25)27)24-20(26)15-10-9-13-5-1-2-6-14(13)11-15/h1-11,16,19H,12H2,(H,24,26)(H,28,29)/t16-,19-/m0/s1. The van der Waals surface area contributed by atoms with Gasteiger partial charge in [-0.2, -0.15) is 0 Å². The molecule has 0 spiro atoms. The highest BCUT2D eigenvalue weighted by Crippen LogP contribution is 2.28. The van der Waals surface area contributed by atoms with Crippen LogP contribution in [-0.2, 0) is 9.59 Å². The molecule has 0 saturated carbocycles. The van der Waals surface area contributed by atoms with Crippen LogP contribution in [0.1, 0.15) is 10.4 Å². The molecule has 0 aromatic heterocycles. The summed E-state index contributed by atoms with van der Waals surface area (Å²) in [5, 5.41) is 13.9. The fourth-order valence-corrected chi connectivity index (χ4v) is 3.56. The lowest BCUT2D eigenvalue weighted by molar-refractivity contribution is -0.142. The van der Waals surface area contributed by atoms with Crippen molar-refractivity contribution in [1.29, 1.82) is 0 Å². The molecule has 3 aromatic carbocycles. The summed E-state index contributed by atoms with van der Waals surface area (Å²) in [6.45, 7) is -0.224. The normalized spacial score (nSPS) is 18.8. The number of rotatable bonds is 4. The van der Waals surface area contributed by atoms with E-state index in [0.717, 1.165) is 15.7 Å². The topological polar surface area (TPSA) is 86.7 Å². The minimum absolute atomic E-state index is 0.00814. The summed E-state index contributed by atoms with van der Waals surface area (Å²) in [5.41, 5.74) is 0.302. The summed E-state index contributed by atoms with van der Waals surface area (Å²) in [7, 11) is 0. The summed E-state index contributed by atoms with van der Waals surface area (Å²) in [5.74, 6) is -4.27. The first kappa shape index (κ1) is 18.6. The molecule has 3 aromatic rings. The fourth-order valence-electron chi connectivity index (χ4n) is 3.56. The second-order valence-electron chi connectivity index (χ2n) is 6.86. The van der Waals surface area contributed by atoms with E-state index in [0.29, 0.717) is 5.56 Å². The predicted molar refractivity (Wildman–Crippen MR) is 105 cm³/mol. The molecule has 29 heavy (non-hydrogen) atoms. The number of hydrogen-bond acceptors (Lipinski definition) is 3. The maximum absolute atomic E-state index is 14.1. The van der Waals surface area contributed by atoms with Gasteiger partial charge in [-0.3, -0.25) is 14.4 Å². The summed E-state index contributed by atoms with van der Waals surface area (Å²) in [4.78, 5) is 38.3. The van der Waals surface area contributed by atoms with Gasteiger partial charge in [0.25, 0.3) is 11.8 Å². The van der Waals surface area contributed by atoms with Crippen LogP contribution in [0, 0.1) is 11.7 Å². The van der Waals surface area contributed by atoms with Crippen LogP contribution in [0.15, 0.2) is 66.7 Å². The van der Waals surface area contributed by atoms with E-state index in [9.17, 15) is 23.9 Å². The zero-order valence-corrected chi connectivity index (χ0v) is 15.2. The van der Waals surface area contributed by atoms with Gasteiger partial charge in [-0.25, -0.2) is 4.39 Å². The van der Waals surface area contributed by atoms with Crippen molar-refractivity contribution >= 4 is 34.2 Å². The first-order valence-corrected chi connectivity index (χ1v) is 9.04. The third kappa shape index (κ3) is 3.42. The molecule has 7 heteroatoms. The number of halogens is 1. The van der Waals surface area contributed by atoms with Crippen molar-refractivity contribution in [2.45, 2.75) is 6.04 Å². The average molecular weight is 392 g/mol. The Labute approximate surface area is 165 Å². The molecule has 146 valence electrons. The molecule has 0 unspecified atom stereocenters. The van der Waals surface area contributed by atoms with Crippen molar-refractivity contribution in [1.82, 2.24) is 5.32 Å². The number of fused-ring (bicyclic) bond motifs is 1. The van der Waals surface area contributed by atoms with Gasteiger partial charge in [0.2, 0.25) is 0 Å². The first-order valence-electron chi connectivity index (χ1n) is 9.04. The number of carboxylic acids is 1. The number of aliphatic carboxylic acids is 1. The number of para-hydroxylation sites is 1. The number of amides is 2. The quantitative estimate of drug-likeness (QED) is 0.715. The predicted octanol–water partition coefficient (Wildman–Crippen LogP) is 2.82. The lowest BCUT2D eigenvalue weighted by Crippen LogP contribution is -2.46. The van der Waals surface area contributed by atoms with E-state index in [-0.39, 0.29) is 12.2 Å². The SMILES string of the molecule is O=C(N[C@@H]1C(=O)N(c2ccccc2F)C[C@@H]1C(=O)O)c1ccc2ccccc2c1. The van der Waals surface area contributed by atoms with E-state index in [4.69, 9.17) is 0 Å². The fraction of sp³-hybridized carbons (Fsp3) is 0.136. The van der Waals surface area contributed by atoms with Crippen molar-refractivity contribution in [2.75, 3.05) is 11.4 Å². The first-order chi connectivity index (χ1) is 14.0. The molecule has 2 atom stereocenters. The molecule has 2 N–H and O–H groups in total. The Balaban J connectivity index is 1.61. The van der Waals surface area contributed by atoms with Crippen LogP contribution < -0.4 is 10.2 Å². The van der Waals surface area contributed by atoms with E-state index in [1.54, 1.807) is 24.3 Å². The molecule has 1 fully saturated rings. The molecule has 1 aliphatic heterocycles. The Bertz CT molecular complexity index is 1130. The minimum atomic E-state index is -1.29. The van der Waals surface area contributed by atoms with Crippen LogP contribution in [0.25, 0.3) is 10.8 Å². The largest absolute Gasteiger partial charge is 0.481 e. The number of benzene rings is 3. The molecule has 1 aliphatic rings. The number of nitrogens with one attached hydrogen (secondary N) is 1. The maximum atomic E-state index is 14.1. The molecule has 4 rings (SSSR count). The van der Waals surface area contributed by atoms with E-state index >= 15 is 0 Å². The van der Waals surface area contributed by atoms with Crippen molar-refractivity contribution in [3.05, 3.63) is 78.1 Å². The molecule has 0 bridgehead atoms. The van der Waals surface area contributed by atoms with Crippen LogP contribution in [0.5, 0.6) is 0 Å². The van der Waals surface area contributed by atoms with E-state index in [1.807, 2.05) is 24.3 Å². The molecule has 0 aliphatic carbocycles. The van der Waals surface area contributed by atoms with Crippen LogP contribution in [0.3, 0.4) is 0 Å². The van der Waals surface area contributed by atoms with Gasteiger partial charge in [0.1, 0.15) is 17.8 Å². The zero-order valence-electron chi connectivity index (χ0n) is 15.2. The third-order valence-corrected chi connectivity index (χ3v) is 5.07. The second kappa shape index (κ2) is 7.35. The molecule has 2 amide bonds. The second-order valence-corrected chi connectivity index (χ2v) is 6.86. The van der Waals surface area contributed by atoms with Gasteiger partial charge in [-0.1, -0.05) is 42.5 Å². The highest BCUT2D eigenvalue weighted by atomic mass is 19.1. The molecule has 1 saturated heterocycles. The molecule has 0 radical (unpaired) electrons. The molecule has 1 heterocycles. The summed E-state index contributed by atoms with van der Waals surface area (Å²) >= 11 is 0. The summed E-state index contributed by atoms with van der Waals surface area (Å²) in [6, 6.07) is 16.9. The number of anilines is 1. The minimum Gasteiger partial charge on any atom is -0.481 e. The molecule has 6 nitrogen and oxygen atoms in total. The van der Waals surface area contributed by atoms with Crippen molar-refractivity contribution < 1.29 is 23.9 Å². The van der Waals surface area contributed by atoms with E-state index in [2.05, 4.69) is 5.32 Å². The highest BCUT2D eigenvalue weighted by Gasteiger charge is 2.46. The summed E-state index contributed by atoms with van der Waals surface area (Å²) in [6.07, 6.45) is 0. The van der Waals surface area contributed by atoms with Crippen LogP contribution >= 0.6 is 0 Å². The van der Waals surface area contributed by atoms with Gasteiger partial charge >= 0.3 is 5.97 Å². The van der Waals surface area contributed by atoms with Crippen molar-refractivity contribution in [2.24, 2.45) is 5.92 Å². The van der Waals surface area contributed by atoms with Crippen LogP contribution in [0.2, 0.25) is 0 Å². The number of carbonyl (C=O) groups excluding carboxylic acids is 2. The number of hydrogen-bond donors (Lipinski definition) is 2. The van der Waals surface area contributed by atoms with Gasteiger partial charge in [0, 0.05) is 12.1 Å². The van der Waals surface area contributed by atoms with E-state index < -0.39 is 35.6 Å². The van der Waals surface area contributed by atoms with Gasteiger partial charge in [-0.05, 0) is 35.0 Å². The zero-order chi connectivity index (χ0) is 20.5. The van der Waals surface area contributed by atoms with Gasteiger partial charge < -0.3 is 15.3 Å². The lowest BCUT2D eigenvalue weighted by atomic mass is 10.0. The van der Waals surface area contributed by atoms with Crippen molar-refractivity contribution in [3.63, 3.8) is 0 Å². The number of carbonyl (C=O) groups is 3. The Morgan fingerprint density at radius 1 is 1.00 bits per heavy atom. The van der Waals surface area contributed by atoms with Gasteiger partial charge in [0.15, 0.2) is 0 Å². The van der Waals surface area contributed by atoms with Crippen LogP contribution in [-0.4, -0.2) is 35.5 Å². The smallest absolute Gasteiger partial charge is 0.310 e.